The summed E-state index contributed by atoms with van der Waals surface area (Å²) in [6.07, 6.45) is 1.28. The lowest BCUT2D eigenvalue weighted by atomic mass is 10.6. The van der Waals surface area contributed by atoms with E-state index in [1.807, 2.05) is 0 Å². The molecule has 0 aliphatic carbocycles. The molecule has 0 spiro atoms. The highest BCUT2D eigenvalue weighted by Crippen LogP contribution is 1.93. The van der Waals surface area contributed by atoms with Gasteiger partial charge in [0.1, 0.15) is 8.96 Å². The van der Waals surface area contributed by atoms with E-state index < -0.39 is 8.96 Å². The van der Waals surface area contributed by atoms with Gasteiger partial charge in [-0.2, -0.15) is 0 Å². The third-order valence-electron chi connectivity index (χ3n) is 1.18. The standard InChI is InChI=1S/C5H15NSi/c1-3-5-7(6)4-2/h7H,3-6H2,1-2H3. The van der Waals surface area contributed by atoms with Crippen molar-refractivity contribution in [1.82, 2.24) is 0 Å². The van der Waals surface area contributed by atoms with Crippen molar-refractivity contribution in [2.24, 2.45) is 5.40 Å². The van der Waals surface area contributed by atoms with Crippen LogP contribution in [0.3, 0.4) is 0 Å². The average molecular weight is 117 g/mol. The SMILES string of the molecule is CCC[SiH](N)CC. The fourth-order valence-corrected chi connectivity index (χ4v) is 1.72. The quantitative estimate of drug-likeness (QED) is 0.550. The fourth-order valence-electron chi connectivity index (χ4n) is 0.575. The molecular formula is C5H15NSi. The van der Waals surface area contributed by atoms with Gasteiger partial charge in [-0.3, -0.25) is 0 Å². The molecule has 0 rings (SSSR count). The molecule has 7 heavy (non-hydrogen) atoms. The van der Waals surface area contributed by atoms with Crippen molar-refractivity contribution in [2.45, 2.75) is 32.4 Å². The van der Waals surface area contributed by atoms with Crippen molar-refractivity contribution in [2.75, 3.05) is 0 Å². The highest BCUT2D eigenvalue weighted by Gasteiger charge is 1.95. The van der Waals surface area contributed by atoms with Gasteiger partial charge >= 0.3 is 0 Å². The van der Waals surface area contributed by atoms with Crippen LogP contribution in [0.4, 0.5) is 0 Å². The van der Waals surface area contributed by atoms with Crippen LogP contribution < -0.4 is 5.40 Å². The van der Waals surface area contributed by atoms with Crippen LogP contribution in [0.15, 0.2) is 0 Å². The first kappa shape index (κ1) is 7.18. The zero-order valence-corrected chi connectivity index (χ0v) is 6.43. The molecule has 1 unspecified atom stereocenters. The maximum absolute atomic E-state index is 5.72. The van der Waals surface area contributed by atoms with Crippen molar-refractivity contribution >= 4 is 8.96 Å². The summed E-state index contributed by atoms with van der Waals surface area (Å²) in [4.78, 5) is 0. The van der Waals surface area contributed by atoms with Crippen LogP contribution in [-0.2, 0) is 0 Å². The number of hydrogen-bond donors (Lipinski definition) is 1. The van der Waals surface area contributed by atoms with Crippen LogP contribution in [0.25, 0.3) is 0 Å². The summed E-state index contributed by atoms with van der Waals surface area (Å²) in [5.41, 5.74) is 0. The first-order valence-corrected chi connectivity index (χ1v) is 5.36. The molecule has 0 aliphatic heterocycles. The van der Waals surface area contributed by atoms with E-state index in [0.29, 0.717) is 0 Å². The Kier molecular flexibility index (Phi) is 4.45. The topological polar surface area (TPSA) is 26.0 Å². The zero-order chi connectivity index (χ0) is 5.70. The summed E-state index contributed by atoms with van der Waals surface area (Å²) in [6.45, 7) is 4.38. The van der Waals surface area contributed by atoms with Crippen molar-refractivity contribution < 1.29 is 0 Å². The third-order valence-corrected chi connectivity index (χ3v) is 3.55. The van der Waals surface area contributed by atoms with Gasteiger partial charge in [-0.25, -0.2) is 0 Å². The molecule has 2 heteroatoms. The summed E-state index contributed by atoms with van der Waals surface area (Å²) in [7, 11) is -0.681. The van der Waals surface area contributed by atoms with E-state index >= 15 is 0 Å². The number of nitrogens with two attached hydrogens (primary N) is 1. The Morgan fingerprint density at radius 1 is 1.43 bits per heavy atom. The highest BCUT2D eigenvalue weighted by atomic mass is 28.3. The first-order chi connectivity index (χ1) is 3.31. The summed E-state index contributed by atoms with van der Waals surface area (Å²) in [6, 6.07) is 2.57. The second-order valence-electron chi connectivity index (χ2n) is 1.96. The maximum atomic E-state index is 5.72. The summed E-state index contributed by atoms with van der Waals surface area (Å²) >= 11 is 0. The maximum Gasteiger partial charge on any atom is 0.105 e. The van der Waals surface area contributed by atoms with Crippen LogP contribution in [0.1, 0.15) is 20.3 Å². The largest absolute Gasteiger partial charge is 0.353 e. The molecule has 0 fully saturated rings. The van der Waals surface area contributed by atoms with Gasteiger partial charge in [-0.05, 0) is 6.04 Å². The predicted molar refractivity (Wildman–Crippen MR) is 36.9 cm³/mol. The number of hydrogen-bond acceptors (Lipinski definition) is 1. The van der Waals surface area contributed by atoms with Crippen LogP contribution in [0, 0.1) is 0 Å². The lowest BCUT2D eigenvalue weighted by Crippen LogP contribution is -2.22. The van der Waals surface area contributed by atoms with Crippen LogP contribution >= 0.6 is 0 Å². The van der Waals surface area contributed by atoms with E-state index in [4.69, 9.17) is 5.40 Å². The molecular weight excluding hydrogens is 102 g/mol. The molecule has 0 aromatic carbocycles. The first-order valence-electron chi connectivity index (χ1n) is 3.06. The van der Waals surface area contributed by atoms with E-state index in [9.17, 15) is 0 Å². The lowest BCUT2D eigenvalue weighted by Gasteiger charge is -2.00. The third kappa shape index (κ3) is 4.02. The molecule has 0 bridgehead atoms. The van der Waals surface area contributed by atoms with E-state index in [-0.39, 0.29) is 0 Å². The molecule has 44 valence electrons. The molecule has 2 N–H and O–H groups in total. The molecule has 0 radical (unpaired) electrons. The Morgan fingerprint density at radius 2 is 2.00 bits per heavy atom. The molecule has 0 aliphatic rings. The van der Waals surface area contributed by atoms with E-state index in [0.717, 1.165) is 0 Å². The van der Waals surface area contributed by atoms with Crippen molar-refractivity contribution in [3.63, 3.8) is 0 Å². The van der Waals surface area contributed by atoms with Gasteiger partial charge in [0.25, 0.3) is 0 Å². The molecule has 0 heterocycles. The van der Waals surface area contributed by atoms with E-state index in [1.54, 1.807) is 0 Å². The molecule has 0 saturated heterocycles. The summed E-state index contributed by atoms with van der Waals surface area (Å²) in [5, 5.41) is 5.72. The van der Waals surface area contributed by atoms with Crippen molar-refractivity contribution in [3.05, 3.63) is 0 Å². The Hall–Kier alpha value is 0.177. The molecule has 1 atom stereocenters. The minimum Gasteiger partial charge on any atom is -0.353 e. The molecule has 0 aromatic rings. The van der Waals surface area contributed by atoms with Crippen LogP contribution in [0.5, 0.6) is 0 Å². The second kappa shape index (κ2) is 4.34. The van der Waals surface area contributed by atoms with Gasteiger partial charge in [0.2, 0.25) is 0 Å². The van der Waals surface area contributed by atoms with Gasteiger partial charge < -0.3 is 5.40 Å². The van der Waals surface area contributed by atoms with Gasteiger partial charge in [0, 0.05) is 0 Å². The van der Waals surface area contributed by atoms with Gasteiger partial charge in [-0.15, -0.1) is 0 Å². The second-order valence-corrected chi connectivity index (χ2v) is 4.87. The normalized spacial score (nSPS) is 14.1. The Labute approximate surface area is 47.6 Å². The minimum atomic E-state index is -0.681. The fraction of sp³-hybridized carbons (Fsp3) is 1.00. The Morgan fingerprint density at radius 3 is 2.14 bits per heavy atom. The number of rotatable bonds is 3. The summed E-state index contributed by atoms with van der Waals surface area (Å²) < 4.78 is 0. The summed E-state index contributed by atoms with van der Waals surface area (Å²) in [5.74, 6) is 0. The molecule has 0 amide bonds. The molecule has 0 aromatic heterocycles. The van der Waals surface area contributed by atoms with Gasteiger partial charge in [0.15, 0.2) is 0 Å². The van der Waals surface area contributed by atoms with E-state index in [2.05, 4.69) is 13.8 Å². The molecule has 0 saturated carbocycles. The predicted octanol–water partition coefficient (Wildman–Crippen LogP) is 1.10. The monoisotopic (exact) mass is 117 g/mol. The van der Waals surface area contributed by atoms with E-state index in [1.165, 1.54) is 18.5 Å². The molecule has 1 nitrogen and oxygen atoms in total. The average Bonchev–Trinajstić information content (AvgIpc) is 1.68. The minimum absolute atomic E-state index is 0.681. The van der Waals surface area contributed by atoms with Crippen molar-refractivity contribution in [3.8, 4) is 0 Å². The zero-order valence-electron chi connectivity index (χ0n) is 5.28. The Balaban J connectivity index is 2.83. The van der Waals surface area contributed by atoms with Gasteiger partial charge in [0.05, 0.1) is 0 Å². The van der Waals surface area contributed by atoms with Crippen LogP contribution in [-0.4, -0.2) is 8.96 Å². The van der Waals surface area contributed by atoms with Gasteiger partial charge in [-0.1, -0.05) is 26.3 Å². The smallest absolute Gasteiger partial charge is 0.105 e. The van der Waals surface area contributed by atoms with Crippen molar-refractivity contribution in [1.29, 1.82) is 0 Å². The highest BCUT2D eigenvalue weighted by molar-refractivity contribution is 6.54. The lowest BCUT2D eigenvalue weighted by molar-refractivity contribution is 1.05. The Bertz CT molecular complexity index is 39.1. The van der Waals surface area contributed by atoms with Crippen LogP contribution in [0.2, 0.25) is 12.1 Å².